The van der Waals surface area contributed by atoms with Gasteiger partial charge in [-0.1, -0.05) is 23.4 Å². The summed E-state index contributed by atoms with van der Waals surface area (Å²) in [6, 6.07) is 3.21. The van der Waals surface area contributed by atoms with Gasteiger partial charge < -0.3 is 30.7 Å². The molecule has 2 aromatic rings. The molecule has 0 saturated carbocycles. The number of nitrogens with two attached hydrogens (primary N) is 1. The minimum absolute atomic E-state index is 0.0495. The Kier molecular flexibility index (Phi) is 8.03. The molecule has 7 nitrogen and oxygen atoms in total. The number of ether oxygens (including phenoxy) is 2. The van der Waals surface area contributed by atoms with Crippen LogP contribution in [-0.4, -0.2) is 52.3 Å². The molecule has 5 N–H and O–H groups in total. The number of nitrogens with zero attached hydrogens (tertiary/aromatic N) is 1. The molecule has 1 aromatic carbocycles. The van der Waals surface area contributed by atoms with E-state index in [9.17, 15) is 23.4 Å². The third kappa shape index (κ3) is 6.03. The second-order valence-corrected chi connectivity index (χ2v) is 8.12. The second-order valence-electron chi connectivity index (χ2n) is 6.51. The molecule has 168 valence electrons. The molecule has 2 heterocycles. The molecule has 0 bridgehead atoms. The highest BCUT2D eigenvalue weighted by Crippen LogP contribution is 2.33. The lowest BCUT2D eigenvalue weighted by atomic mass is 10.1. The van der Waals surface area contributed by atoms with Crippen LogP contribution in [0, 0.1) is 17.5 Å². The molecule has 4 atom stereocenters. The molecule has 0 radical (unpaired) electrons. The van der Waals surface area contributed by atoms with E-state index in [-0.39, 0.29) is 17.8 Å². The van der Waals surface area contributed by atoms with E-state index >= 15 is 0 Å². The van der Waals surface area contributed by atoms with E-state index in [1.807, 2.05) is 0 Å². The van der Waals surface area contributed by atoms with E-state index in [1.165, 1.54) is 24.2 Å². The van der Waals surface area contributed by atoms with Gasteiger partial charge in [0.1, 0.15) is 17.6 Å². The number of halogens is 4. The molecule has 4 unspecified atom stereocenters. The predicted molar refractivity (Wildman–Crippen MR) is 108 cm³/mol. The van der Waals surface area contributed by atoms with Crippen LogP contribution in [0.4, 0.5) is 13.2 Å². The SMILES string of the molecule is N/C(=C\NCC1OC(O)C(CO)OC1Sc1cncc(Cl)c1)c1cc(F)c(F)c(F)c1. The molecule has 0 spiro atoms. The van der Waals surface area contributed by atoms with E-state index < -0.39 is 48.0 Å². The third-order valence-corrected chi connectivity index (χ3v) is 5.60. The topological polar surface area (TPSA) is 110 Å². The Bertz CT molecular complexity index is 932. The lowest BCUT2D eigenvalue weighted by molar-refractivity contribution is -0.270. The molecule has 0 amide bonds. The summed E-state index contributed by atoms with van der Waals surface area (Å²) in [4.78, 5) is 4.66. The number of aliphatic hydroxyl groups is 2. The van der Waals surface area contributed by atoms with Crippen molar-refractivity contribution in [2.45, 2.75) is 28.8 Å². The van der Waals surface area contributed by atoms with Crippen LogP contribution < -0.4 is 11.1 Å². The molecule has 1 fully saturated rings. The lowest BCUT2D eigenvalue weighted by Crippen LogP contribution is -2.52. The van der Waals surface area contributed by atoms with Gasteiger partial charge in [0.05, 0.1) is 17.3 Å². The minimum Gasteiger partial charge on any atom is -0.397 e. The molecular weight excluding hydrogens is 459 g/mol. The van der Waals surface area contributed by atoms with Gasteiger partial charge in [0, 0.05) is 35.6 Å². The fourth-order valence-corrected chi connectivity index (χ4v) is 4.05. The zero-order valence-corrected chi connectivity index (χ0v) is 17.4. The number of aliphatic hydroxyl groups excluding tert-OH is 2. The quantitative estimate of drug-likeness (QED) is 0.449. The molecule has 3 rings (SSSR count). The number of thioether (sulfide) groups is 1. The Morgan fingerprint density at radius 1 is 1.19 bits per heavy atom. The van der Waals surface area contributed by atoms with Crippen molar-refractivity contribution in [2.75, 3.05) is 13.2 Å². The summed E-state index contributed by atoms with van der Waals surface area (Å²) >= 11 is 7.17. The van der Waals surface area contributed by atoms with Crippen molar-refractivity contribution in [2.24, 2.45) is 5.73 Å². The number of rotatable bonds is 7. The Balaban J connectivity index is 1.70. The van der Waals surface area contributed by atoms with Gasteiger partial charge in [-0.25, -0.2) is 13.2 Å². The predicted octanol–water partition coefficient (Wildman–Crippen LogP) is 2.21. The lowest BCUT2D eigenvalue weighted by Gasteiger charge is -2.38. The van der Waals surface area contributed by atoms with Gasteiger partial charge in [0.15, 0.2) is 23.7 Å². The van der Waals surface area contributed by atoms with Crippen molar-refractivity contribution < 1.29 is 32.9 Å². The summed E-state index contributed by atoms with van der Waals surface area (Å²) in [5.41, 5.74) is 5.04. The number of hydrogen-bond donors (Lipinski definition) is 4. The fraction of sp³-hybridized carbons (Fsp3) is 0.316. The largest absolute Gasteiger partial charge is 0.397 e. The molecular formula is C19H19ClF3N3O4S. The van der Waals surface area contributed by atoms with Crippen LogP contribution in [0.2, 0.25) is 5.02 Å². The van der Waals surface area contributed by atoms with Crippen molar-refractivity contribution >= 4 is 29.1 Å². The normalized spacial score (nSPS) is 24.3. The van der Waals surface area contributed by atoms with Crippen LogP contribution in [-0.2, 0) is 9.47 Å². The maximum atomic E-state index is 13.4. The zero-order valence-electron chi connectivity index (χ0n) is 15.8. The van der Waals surface area contributed by atoms with Gasteiger partial charge in [0.25, 0.3) is 0 Å². The van der Waals surface area contributed by atoms with Crippen LogP contribution in [0.25, 0.3) is 5.70 Å². The average molecular weight is 478 g/mol. The molecule has 1 aromatic heterocycles. The van der Waals surface area contributed by atoms with Gasteiger partial charge in [-0.05, 0) is 18.2 Å². The number of aromatic nitrogens is 1. The standard InChI is InChI=1S/C19H19ClF3N3O4S/c20-10-3-11(5-25-4-10)31-19-15(29-18(28)16(8-27)30-19)7-26-6-14(24)9-1-12(21)17(23)13(22)2-9/h1-6,15-16,18-19,26-28H,7-8,24H2/b14-6-. The second kappa shape index (κ2) is 10.5. The molecule has 1 aliphatic heterocycles. The maximum Gasteiger partial charge on any atom is 0.194 e. The first-order chi connectivity index (χ1) is 14.8. The van der Waals surface area contributed by atoms with Crippen LogP contribution in [0.1, 0.15) is 5.56 Å². The van der Waals surface area contributed by atoms with E-state index in [0.717, 1.165) is 12.1 Å². The highest BCUT2D eigenvalue weighted by molar-refractivity contribution is 7.99. The zero-order chi connectivity index (χ0) is 22.5. The van der Waals surface area contributed by atoms with Crippen molar-refractivity contribution in [3.05, 3.63) is 64.8 Å². The van der Waals surface area contributed by atoms with Crippen molar-refractivity contribution in [1.29, 1.82) is 0 Å². The Morgan fingerprint density at radius 3 is 2.55 bits per heavy atom. The summed E-state index contributed by atoms with van der Waals surface area (Å²) in [5.74, 6) is -4.31. The van der Waals surface area contributed by atoms with Gasteiger partial charge in [-0.2, -0.15) is 0 Å². The summed E-state index contributed by atoms with van der Waals surface area (Å²) in [7, 11) is 0. The maximum absolute atomic E-state index is 13.4. The number of hydrogen-bond acceptors (Lipinski definition) is 8. The van der Waals surface area contributed by atoms with Crippen LogP contribution in [0.15, 0.2) is 41.7 Å². The fourth-order valence-electron chi connectivity index (χ4n) is 2.72. The first-order valence-electron chi connectivity index (χ1n) is 8.99. The summed E-state index contributed by atoms with van der Waals surface area (Å²) in [6.45, 7) is -0.381. The monoisotopic (exact) mass is 477 g/mol. The smallest absolute Gasteiger partial charge is 0.194 e. The number of benzene rings is 1. The van der Waals surface area contributed by atoms with E-state index in [4.69, 9.17) is 26.8 Å². The number of pyridine rings is 1. The van der Waals surface area contributed by atoms with E-state index in [2.05, 4.69) is 10.3 Å². The Labute approximate surface area is 185 Å². The summed E-state index contributed by atoms with van der Waals surface area (Å²) in [6.07, 6.45) is 1.27. The molecule has 1 saturated heterocycles. The van der Waals surface area contributed by atoms with Gasteiger partial charge in [0.2, 0.25) is 0 Å². The average Bonchev–Trinajstić information content (AvgIpc) is 2.73. The molecule has 12 heteroatoms. The van der Waals surface area contributed by atoms with Crippen LogP contribution in [0.5, 0.6) is 0 Å². The highest BCUT2D eigenvalue weighted by atomic mass is 35.5. The minimum atomic E-state index is -1.58. The molecule has 31 heavy (non-hydrogen) atoms. The third-order valence-electron chi connectivity index (χ3n) is 4.25. The van der Waals surface area contributed by atoms with Gasteiger partial charge >= 0.3 is 0 Å². The molecule has 0 aliphatic carbocycles. The van der Waals surface area contributed by atoms with Crippen molar-refractivity contribution in [3.63, 3.8) is 0 Å². The Hall–Kier alpha value is -2.02. The van der Waals surface area contributed by atoms with E-state index in [1.54, 1.807) is 12.3 Å². The van der Waals surface area contributed by atoms with Crippen molar-refractivity contribution in [1.82, 2.24) is 10.3 Å². The first kappa shape index (κ1) is 23.6. The summed E-state index contributed by atoms with van der Waals surface area (Å²) < 4.78 is 51.2. The Morgan fingerprint density at radius 2 is 1.90 bits per heavy atom. The first-order valence-corrected chi connectivity index (χ1v) is 10.2. The van der Waals surface area contributed by atoms with Gasteiger partial charge in [-0.3, -0.25) is 4.98 Å². The highest BCUT2D eigenvalue weighted by Gasteiger charge is 2.38. The molecule has 1 aliphatic rings. The van der Waals surface area contributed by atoms with Gasteiger partial charge in [-0.15, -0.1) is 0 Å². The van der Waals surface area contributed by atoms with Crippen LogP contribution >= 0.6 is 23.4 Å². The van der Waals surface area contributed by atoms with Crippen molar-refractivity contribution in [3.8, 4) is 0 Å². The van der Waals surface area contributed by atoms with E-state index in [0.29, 0.717) is 9.92 Å². The van der Waals surface area contributed by atoms with Crippen LogP contribution in [0.3, 0.4) is 0 Å². The summed E-state index contributed by atoms with van der Waals surface area (Å²) in [5, 5.41) is 22.6. The number of nitrogens with one attached hydrogen (secondary N) is 1.